The van der Waals surface area contributed by atoms with E-state index in [1.54, 1.807) is 12.1 Å². The SMILES string of the molecule is COc1cc(N)c(Cl)cc1C(=O)NC1CC[C@H]2CCCC[C@@H]2N1Cc1ccccc1. The first-order valence-corrected chi connectivity index (χ1v) is 11.2. The summed E-state index contributed by atoms with van der Waals surface area (Å²) in [5, 5.41) is 3.63. The summed E-state index contributed by atoms with van der Waals surface area (Å²) in [4.78, 5) is 15.7. The van der Waals surface area contributed by atoms with Crippen LogP contribution in [0.4, 0.5) is 5.69 Å². The van der Waals surface area contributed by atoms with Gasteiger partial charge in [0.2, 0.25) is 0 Å². The quantitative estimate of drug-likeness (QED) is 0.670. The molecule has 0 bridgehead atoms. The van der Waals surface area contributed by atoms with Crippen molar-refractivity contribution in [2.75, 3.05) is 12.8 Å². The number of fused-ring (bicyclic) bond motifs is 1. The molecule has 3 atom stereocenters. The van der Waals surface area contributed by atoms with Gasteiger partial charge in [0, 0.05) is 18.7 Å². The second kappa shape index (κ2) is 9.27. The number of hydrogen-bond acceptors (Lipinski definition) is 4. The lowest BCUT2D eigenvalue weighted by Crippen LogP contribution is -2.58. The molecule has 2 aliphatic rings. The number of nitrogens with zero attached hydrogens (tertiary/aromatic N) is 1. The fourth-order valence-electron chi connectivity index (χ4n) is 5.05. The van der Waals surface area contributed by atoms with Crippen LogP contribution in [0.15, 0.2) is 42.5 Å². The third-order valence-electron chi connectivity index (χ3n) is 6.58. The van der Waals surface area contributed by atoms with Crippen molar-refractivity contribution in [2.45, 2.75) is 57.3 Å². The number of ether oxygens (including phenoxy) is 1. The van der Waals surface area contributed by atoms with Gasteiger partial charge in [-0.05, 0) is 43.2 Å². The predicted octanol–water partition coefficient (Wildman–Crippen LogP) is 4.84. The maximum Gasteiger partial charge on any atom is 0.256 e. The molecule has 0 radical (unpaired) electrons. The van der Waals surface area contributed by atoms with Gasteiger partial charge in [0.25, 0.3) is 5.91 Å². The minimum atomic E-state index is -0.175. The monoisotopic (exact) mass is 427 g/mol. The van der Waals surface area contributed by atoms with E-state index in [0.717, 1.165) is 25.3 Å². The number of methoxy groups -OCH3 is 1. The molecule has 0 spiro atoms. The Hall–Kier alpha value is -2.24. The van der Waals surface area contributed by atoms with Crippen LogP contribution in [-0.2, 0) is 6.54 Å². The zero-order valence-corrected chi connectivity index (χ0v) is 18.2. The highest BCUT2D eigenvalue weighted by Gasteiger charge is 2.39. The highest BCUT2D eigenvalue weighted by molar-refractivity contribution is 6.33. The van der Waals surface area contributed by atoms with Crippen molar-refractivity contribution in [2.24, 2.45) is 5.92 Å². The summed E-state index contributed by atoms with van der Waals surface area (Å²) < 4.78 is 5.39. The molecular weight excluding hydrogens is 398 g/mol. The first kappa shape index (κ1) is 21.0. The molecule has 1 aliphatic carbocycles. The average Bonchev–Trinajstić information content (AvgIpc) is 2.77. The molecule has 0 aromatic heterocycles. The van der Waals surface area contributed by atoms with Crippen LogP contribution < -0.4 is 15.8 Å². The predicted molar refractivity (Wildman–Crippen MR) is 121 cm³/mol. The Morgan fingerprint density at radius 1 is 1.17 bits per heavy atom. The Kier molecular flexibility index (Phi) is 6.49. The molecule has 6 heteroatoms. The average molecular weight is 428 g/mol. The van der Waals surface area contributed by atoms with Gasteiger partial charge in [0.15, 0.2) is 0 Å². The topological polar surface area (TPSA) is 67.6 Å². The zero-order valence-electron chi connectivity index (χ0n) is 17.4. The summed E-state index contributed by atoms with van der Waals surface area (Å²) in [5.41, 5.74) is 7.97. The number of amides is 1. The van der Waals surface area contributed by atoms with Crippen LogP contribution in [0.1, 0.15) is 54.4 Å². The molecule has 1 saturated heterocycles. The Labute approximate surface area is 183 Å². The van der Waals surface area contributed by atoms with Crippen molar-refractivity contribution in [3.63, 3.8) is 0 Å². The lowest BCUT2D eigenvalue weighted by molar-refractivity contribution is -0.00397. The Morgan fingerprint density at radius 2 is 1.93 bits per heavy atom. The van der Waals surface area contributed by atoms with Crippen LogP contribution in [0, 0.1) is 5.92 Å². The smallest absolute Gasteiger partial charge is 0.256 e. The van der Waals surface area contributed by atoms with Crippen LogP contribution in [-0.4, -0.2) is 30.1 Å². The number of hydrogen-bond donors (Lipinski definition) is 2. The van der Waals surface area contributed by atoms with Crippen molar-refractivity contribution in [1.29, 1.82) is 0 Å². The minimum absolute atomic E-state index is 0.0157. The van der Waals surface area contributed by atoms with E-state index in [-0.39, 0.29) is 12.1 Å². The third-order valence-corrected chi connectivity index (χ3v) is 6.90. The molecule has 160 valence electrons. The first-order valence-electron chi connectivity index (χ1n) is 10.8. The van der Waals surface area contributed by atoms with E-state index < -0.39 is 0 Å². The van der Waals surface area contributed by atoms with Crippen LogP contribution in [0.25, 0.3) is 0 Å². The Balaban J connectivity index is 1.58. The Bertz CT molecular complexity index is 890. The van der Waals surface area contributed by atoms with Gasteiger partial charge < -0.3 is 15.8 Å². The summed E-state index contributed by atoms with van der Waals surface area (Å²) in [6, 6.07) is 14.2. The molecular formula is C24H30ClN3O2. The van der Waals surface area contributed by atoms with E-state index >= 15 is 0 Å². The molecule has 2 aromatic rings. The minimum Gasteiger partial charge on any atom is -0.496 e. The zero-order chi connectivity index (χ0) is 21.1. The third kappa shape index (κ3) is 4.42. The van der Waals surface area contributed by atoms with Gasteiger partial charge in [-0.1, -0.05) is 54.8 Å². The number of nitrogen functional groups attached to an aromatic ring is 1. The largest absolute Gasteiger partial charge is 0.496 e. The van der Waals surface area contributed by atoms with Crippen molar-refractivity contribution in [3.8, 4) is 5.75 Å². The number of halogens is 1. The number of carbonyl (C=O) groups excluding carboxylic acids is 1. The van der Waals surface area contributed by atoms with Crippen molar-refractivity contribution < 1.29 is 9.53 Å². The van der Waals surface area contributed by atoms with Crippen LogP contribution in [0.3, 0.4) is 0 Å². The molecule has 2 aromatic carbocycles. The van der Waals surface area contributed by atoms with Gasteiger partial charge in [-0.15, -0.1) is 0 Å². The van der Waals surface area contributed by atoms with Crippen molar-refractivity contribution in [3.05, 3.63) is 58.6 Å². The van der Waals surface area contributed by atoms with Gasteiger partial charge in [-0.3, -0.25) is 9.69 Å². The second-order valence-corrected chi connectivity index (χ2v) is 8.82. The molecule has 2 fully saturated rings. The van der Waals surface area contributed by atoms with Crippen molar-refractivity contribution in [1.82, 2.24) is 10.2 Å². The lowest BCUT2D eigenvalue weighted by Gasteiger charge is -2.48. The van der Waals surface area contributed by atoms with Crippen LogP contribution >= 0.6 is 11.6 Å². The van der Waals surface area contributed by atoms with Gasteiger partial charge >= 0.3 is 0 Å². The number of benzene rings is 2. The normalized spacial score (nSPS) is 24.1. The summed E-state index contributed by atoms with van der Waals surface area (Å²) >= 11 is 6.19. The van der Waals surface area contributed by atoms with E-state index in [2.05, 4.69) is 34.5 Å². The van der Waals surface area contributed by atoms with Crippen molar-refractivity contribution >= 4 is 23.2 Å². The standard InChI is InChI=1S/C24H30ClN3O2/c1-30-22-14-20(26)19(25)13-18(22)24(29)27-23-12-11-17-9-5-6-10-21(17)28(23)15-16-7-3-2-4-8-16/h2-4,7-8,13-14,17,21,23H,5-6,9-12,15,26H2,1H3,(H,27,29)/t17-,21+,23?/m1/s1. The van der Waals surface area contributed by atoms with E-state index in [1.807, 2.05) is 6.07 Å². The number of rotatable bonds is 5. The highest BCUT2D eigenvalue weighted by atomic mass is 35.5. The number of nitrogens with two attached hydrogens (primary N) is 1. The molecule has 1 unspecified atom stereocenters. The number of anilines is 1. The maximum absolute atomic E-state index is 13.2. The summed E-state index contributed by atoms with van der Waals surface area (Å²) in [6.07, 6.45) is 7.15. The van der Waals surface area contributed by atoms with E-state index in [0.29, 0.717) is 28.1 Å². The van der Waals surface area contributed by atoms with E-state index in [4.69, 9.17) is 22.1 Å². The molecule has 1 saturated carbocycles. The second-order valence-electron chi connectivity index (χ2n) is 8.41. The number of nitrogens with one attached hydrogen (secondary N) is 1. The van der Waals surface area contributed by atoms with Crippen LogP contribution in [0.5, 0.6) is 5.75 Å². The highest BCUT2D eigenvalue weighted by Crippen LogP contribution is 2.38. The molecule has 1 aliphatic heterocycles. The van der Waals surface area contributed by atoms with E-state index in [1.165, 1.54) is 38.4 Å². The van der Waals surface area contributed by atoms with Gasteiger partial charge in [-0.25, -0.2) is 0 Å². The molecule has 30 heavy (non-hydrogen) atoms. The first-order chi connectivity index (χ1) is 14.6. The van der Waals surface area contributed by atoms with Gasteiger partial charge in [0.1, 0.15) is 5.75 Å². The molecule has 1 heterocycles. The Morgan fingerprint density at radius 3 is 2.70 bits per heavy atom. The molecule has 5 nitrogen and oxygen atoms in total. The summed E-state index contributed by atoms with van der Waals surface area (Å²) in [5.74, 6) is 0.984. The molecule has 1 amide bonds. The van der Waals surface area contributed by atoms with Gasteiger partial charge in [0.05, 0.1) is 29.5 Å². The number of piperidine rings is 1. The summed E-state index contributed by atoms with van der Waals surface area (Å²) in [6.45, 7) is 0.840. The van der Waals surface area contributed by atoms with Crippen LogP contribution in [0.2, 0.25) is 5.02 Å². The lowest BCUT2D eigenvalue weighted by atomic mass is 9.77. The molecule has 4 rings (SSSR count). The fourth-order valence-corrected chi connectivity index (χ4v) is 5.22. The molecule has 3 N–H and O–H groups in total. The number of likely N-dealkylation sites (tertiary alicyclic amines) is 1. The fraction of sp³-hybridized carbons (Fsp3) is 0.458. The van der Waals surface area contributed by atoms with Gasteiger partial charge in [-0.2, -0.15) is 0 Å². The number of carbonyl (C=O) groups is 1. The maximum atomic E-state index is 13.2. The van der Waals surface area contributed by atoms with E-state index in [9.17, 15) is 4.79 Å². The summed E-state index contributed by atoms with van der Waals surface area (Å²) in [7, 11) is 1.54.